The molecule has 1 atom stereocenters. The van der Waals surface area contributed by atoms with Gasteiger partial charge in [0.25, 0.3) is 0 Å². The Morgan fingerprint density at radius 1 is 1.44 bits per heavy atom. The van der Waals surface area contributed by atoms with E-state index >= 15 is 0 Å². The van der Waals surface area contributed by atoms with Crippen LogP contribution in [-0.4, -0.2) is 45.5 Å². The first-order valence-corrected chi connectivity index (χ1v) is 5.94. The van der Waals surface area contributed by atoms with E-state index < -0.39 is 0 Å². The second-order valence-corrected chi connectivity index (χ2v) is 4.01. The first kappa shape index (κ1) is 13.3. The van der Waals surface area contributed by atoms with Crippen molar-refractivity contribution in [2.24, 2.45) is 0 Å². The van der Waals surface area contributed by atoms with Gasteiger partial charge in [-0.2, -0.15) is 0 Å². The van der Waals surface area contributed by atoms with Gasteiger partial charge in [-0.3, -0.25) is 0 Å². The molecule has 0 aromatic carbocycles. The molecule has 1 fully saturated rings. The molecule has 1 rings (SSSR count). The van der Waals surface area contributed by atoms with E-state index in [0.717, 1.165) is 45.4 Å². The monoisotopic (exact) mass is 230 g/mol. The number of amides is 2. The summed E-state index contributed by atoms with van der Waals surface area (Å²) in [4.78, 5) is 11.4. The number of hydrogen-bond acceptors (Lipinski definition) is 3. The molecule has 0 aromatic rings. The van der Waals surface area contributed by atoms with Crippen molar-refractivity contribution in [2.75, 3.05) is 33.5 Å². The summed E-state index contributed by atoms with van der Waals surface area (Å²) in [5, 5.41) is 5.72. The van der Waals surface area contributed by atoms with Crippen LogP contribution in [-0.2, 0) is 9.47 Å². The molecule has 0 bridgehead atoms. The fourth-order valence-corrected chi connectivity index (χ4v) is 1.63. The van der Waals surface area contributed by atoms with Gasteiger partial charge in [0.15, 0.2) is 0 Å². The molecular formula is C11H22N2O3. The number of carbonyl (C=O) groups is 1. The highest BCUT2D eigenvalue weighted by Gasteiger charge is 2.16. The highest BCUT2D eigenvalue weighted by molar-refractivity contribution is 5.74. The maximum absolute atomic E-state index is 11.4. The maximum Gasteiger partial charge on any atom is 0.315 e. The smallest absolute Gasteiger partial charge is 0.315 e. The lowest BCUT2D eigenvalue weighted by atomic mass is 10.2. The van der Waals surface area contributed by atoms with Gasteiger partial charge in [-0.25, -0.2) is 4.79 Å². The molecule has 16 heavy (non-hydrogen) atoms. The minimum Gasteiger partial charge on any atom is -0.385 e. The number of ether oxygens (including phenoxy) is 2. The number of methoxy groups -OCH3 is 1. The van der Waals surface area contributed by atoms with Crippen molar-refractivity contribution in [3.63, 3.8) is 0 Å². The van der Waals surface area contributed by atoms with Gasteiger partial charge in [0, 0.05) is 26.9 Å². The standard InChI is InChI=1S/C11H22N2O3/c1-15-7-4-2-3-6-12-11(14)13-10-5-8-16-9-10/h10H,2-9H2,1H3,(H2,12,13,14). The third-order valence-electron chi connectivity index (χ3n) is 2.58. The van der Waals surface area contributed by atoms with Gasteiger partial charge in [0.05, 0.1) is 12.6 Å². The second-order valence-electron chi connectivity index (χ2n) is 4.01. The van der Waals surface area contributed by atoms with Crippen LogP contribution in [0, 0.1) is 0 Å². The highest BCUT2D eigenvalue weighted by atomic mass is 16.5. The van der Waals surface area contributed by atoms with Crippen LogP contribution in [0.25, 0.3) is 0 Å². The molecule has 1 unspecified atom stereocenters. The van der Waals surface area contributed by atoms with E-state index in [4.69, 9.17) is 9.47 Å². The van der Waals surface area contributed by atoms with Gasteiger partial charge < -0.3 is 20.1 Å². The van der Waals surface area contributed by atoms with Gasteiger partial charge in [0.1, 0.15) is 0 Å². The van der Waals surface area contributed by atoms with Crippen molar-refractivity contribution < 1.29 is 14.3 Å². The maximum atomic E-state index is 11.4. The fourth-order valence-electron chi connectivity index (χ4n) is 1.63. The van der Waals surface area contributed by atoms with E-state index in [0.29, 0.717) is 6.61 Å². The van der Waals surface area contributed by atoms with E-state index in [1.807, 2.05) is 0 Å². The van der Waals surface area contributed by atoms with Gasteiger partial charge in [-0.05, 0) is 25.7 Å². The minimum atomic E-state index is -0.0813. The van der Waals surface area contributed by atoms with Crippen molar-refractivity contribution >= 4 is 6.03 Å². The van der Waals surface area contributed by atoms with Gasteiger partial charge in [-0.1, -0.05) is 0 Å². The Morgan fingerprint density at radius 3 is 3.00 bits per heavy atom. The molecule has 0 aliphatic carbocycles. The number of carbonyl (C=O) groups excluding carboxylic acids is 1. The Bertz CT molecular complexity index is 194. The summed E-state index contributed by atoms with van der Waals surface area (Å²) in [5.41, 5.74) is 0. The molecule has 2 amide bonds. The Balaban J connectivity index is 1.89. The largest absolute Gasteiger partial charge is 0.385 e. The average molecular weight is 230 g/mol. The number of rotatable bonds is 7. The topological polar surface area (TPSA) is 59.6 Å². The Morgan fingerprint density at radius 2 is 2.31 bits per heavy atom. The number of hydrogen-bond donors (Lipinski definition) is 2. The van der Waals surface area contributed by atoms with Gasteiger partial charge >= 0.3 is 6.03 Å². The van der Waals surface area contributed by atoms with Crippen LogP contribution in [0.5, 0.6) is 0 Å². The molecule has 5 nitrogen and oxygen atoms in total. The fraction of sp³-hybridized carbons (Fsp3) is 0.909. The zero-order chi connectivity index (χ0) is 11.6. The van der Waals surface area contributed by atoms with Crippen LogP contribution < -0.4 is 10.6 Å². The van der Waals surface area contributed by atoms with E-state index in [-0.39, 0.29) is 12.1 Å². The van der Waals surface area contributed by atoms with E-state index in [1.165, 1.54) is 0 Å². The summed E-state index contributed by atoms with van der Waals surface area (Å²) in [6.07, 6.45) is 4.05. The van der Waals surface area contributed by atoms with Crippen LogP contribution in [0.4, 0.5) is 4.79 Å². The summed E-state index contributed by atoms with van der Waals surface area (Å²) in [5.74, 6) is 0. The lowest BCUT2D eigenvalue weighted by Gasteiger charge is -2.11. The predicted octanol–water partition coefficient (Wildman–Crippen LogP) is 0.891. The number of urea groups is 1. The predicted molar refractivity (Wildman–Crippen MR) is 61.5 cm³/mol. The van der Waals surface area contributed by atoms with Crippen LogP contribution in [0.15, 0.2) is 0 Å². The SMILES string of the molecule is COCCCCCNC(=O)NC1CCOC1. The van der Waals surface area contributed by atoms with Crippen LogP contribution in [0.1, 0.15) is 25.7 Å². The Labute approximate surface area is 96.9 Å². The average Bonchev–Trinajstić information content (AvgIpc) is 2.76. The summed E-state index contributed by atoms with van der Waals surface area (Å²) < 4.78 is 10.1. The third kappa shape index (κ3) is 5.92. The molecule has 5 heteroatoms. The molecule has 94 valence electrons. The zero-order valence-corrected chi connectivity index (χ0v) is 9.96. The molecule has 0 spiro atoms. The second kappa shape index (κ2) is 8.35. The molecule has 0 aromatic heterocycles. The normalized spacial score (nSPS) is 19.7. The first-order chi connectivity index (χ1) is 7.83. The zero-order valence-electron chi connectivity index (χ0n) is 9.96. The van der Waals surface area contributed by atoms with E-state index in [9.17, 15) is 4.79 Å². The first-order valence-electron chi connectivity index (χ1n) is 5.94. The van der Waals surface area contributed by atoms with Crippen LogP contribution in [0.2, 0.25) is 0 Å². The summed E-state index contributed by atoms with van der Waals surface area (Å²) in [6, 6.07) is 0.107. The quantitative estimate of drug-likeness (QED) is 0.639. The van der Waals surface area contributed by atoms with Crippen molar-refractivity contribution in [1.82, 2.24) is 10.6 Å². The van der Waals surface area contributed by atoms with E-state index in [1.54, 1.807) is 7.11 Å². The molecular weight excluding hydrogens is 208 g/mol. The third-order valence-corrected chi connectivity index (χ3v) is 2.58. The molecule has 1 aliphatic rings. The van der Waals surface area contributed by atoms with Crippen molar-refractivity contribution in [2.45, 2.75) is 31.7 Å². The molecule has 1 aliphatic heterocycles. The number of nitrogens with one attached hydrogen (secondary N) is 2. The highest BCUT2D eigenvalue weighted by Crippen LogP contribution is 2.02. The molecule has 1 heterocycles. The Kier molecular flexibility index (Phi) is 6.92. The van der Waals surface area contributed by atoms with Gasteiger partial charge in [0.2, 0.25) is 0 Å². The van der Waals surface area contributed by atoms with Crippen molar-refractivity contribution in [3.05, 3.63) is 0 Å². The molecule has 1 saturated heterocycles. The van der Waals surface area contributed by atoms with Crippen LogP contribution >= 0.6 is 0 Å². The van der Waals surface area contributed by atoms with Gasteiger partial charge in [-0.15, -0.1) is 0 Å². The molecule has 2 N–H and O–H groups in total. The summed E-state index contributed by atoms with van der Waals surface area (Å²) in [7, 11) is 1.70. The van der Waals surface area contributed by atoms with Crippen molar-refractivity contribution in [1.29, 1.82) is 0 Å². The summed E-state index contributed by atoms with van der Waals surface area (Å²) in [6.45, 7) is 2.91. The lowest BCUT2D eigenvalue weighted by molar-refractivity contribution is 0.188. The molecule has 0 saturated carbocycles. The number of unbranched alkanes of at least 4 members (excludes halogenated alkanes) is 2. The minimum absolute atomic E-state index is 0.0813. The van der Waals surface area contributed by atoms with Crippen LogP contribution in [0.3, 0.4) is 0 Å². The summed E-state index contributed by atoms with van der Waals surface area (Å²) >= 11 is 0. The van der Waals surface area contributed by atoms with E-state index in [2.05, 4.69) is 10.6 Å². The lowest BCUT2D eigenvalue weighted by Crippen LogP contribution is -2.42. The van der Waals surface area contributed by atoms with Crippen molar-refractivity contribution in [3.8, 4) is 0 Å². The molecule has 0 radical (unpaired) electrons. The Hall–Kier alpha value is -0.810.